The van der Waals surface area contributed by atoms with Crippen LogP contribution in [0.25, 0.3) is 11.4 Å². The SMILES string of the molecule is COc1ccccc1S(=O)(=O)NC(=O)c1cn(C)c(-c2ccc(F)c(F)c2)n1. The molecule has 1 N–H and O–H groups in total. The van der Waals surface area contributed by atoms with Crippen LogP contribution in [0.2, 0.25) is 0 Å². The van der Waals surface area contributed by atoms with Crippen LogP contribution in [0.4, 0.5) is 8.78 Å². The summed E-state index contributed by atoms with van der Waals surface area (Å²) in [7, 11) is -1.37. The predicted molar refractivity (Wildman–Crippen MR) is 96.2 cm³/mol. The molecular weight excluding hydrogens is 392 g/mol. The molecule has 7 nitrogen and oxygen atoms in total. The van der Waals surface area contributed by atoms with Gasteiger partial charge in [0.25, 0.3) is 15.9 Å². The van der Waals surface area contributed by atoms with Gasteiger partial charge in [0.05, 0.1) is 7.11 Å². The van der Waals surface area contributed by atoms with Gasteiger partial charge >= 0.3 is 0 Å². The zero-order valence-corrected chi connectivity index (χ0v) is 15.6. The van der Waals surface area contributed by atoms with Crippen molar-refractivity contribution in [1.29, 1.82) is 0 Å². The summed E-state index contributed by atoms with van der Waals surface area (Å²) in [6, 6.07) is 8.99. The van der Waals surface area contributed by atoms with Gasteiger partial charge in [0.2, 0.25) is 0 Å². The van der Waals surface area contributed by atoms with Crippen LogP contribution in [0.15, 0.2) is 53.6 Å². The molecule has 3 aromatic rings. The van der Waals surface area contributed by atoms with Crippen LogP contribution in [0.3, 0.4) is 0 Å². The fourth-order valence-corrected chi connectivity index (χ4v) is 3.68. The molecule has 0 spiro atoms. The third-order valence-electron chi connectivity index (χ3n) is 3.87. The summed E-state index contributed by atoms with van der Waals surface area (Å²) in [5, 5.41) is 0. The van der Waals surface area contributed by atoms with Crippen molar-refractivity contribution in [3.05, 3.63) is 66.0 Å². The fraction of sp³-hybridized carbons (Fsp3) is 0.111. The van der Waals surface area contributed by atoms with Gasteiger partial charge in [-0.1, -0.05) is 12.1 Å². The van der Waals surface area contributed by atoms with Crippen molar-refractivity contribution in [3.8, 4) is 17.1 Å². The number of amides is 1. The second-order valence-electron chi connectivity index (χ2n) is 5.78. The Hall–Kier alpha value is -3.27. The highest BCUT2D eigenvalue weighted by atomic mass is 32.2. The molecule has 0 aliphatic carbocycles. The van der Waals surface area contributed by atoms with Crippen LogP contribution in [0.1, 0.15) is 10.5 Å². The maximum Gasteiger partial charge on any atom is 0.285 e. The van der Waals surface area contributed by atoms with E-state index in [9.17, 15) is 22.0 Å². The Kier molecular flexibility index (Phi) is 5.14. The number of halogens is 2. The Morgan fingerprint density at radius 1 is 1.14 bits per heavy atom. The monoisotopic (exact) mass is 407 g/mol. The minimum Gasteiger partial charge on any atom is -0.495 e. The summed E-state index contributed by atoms with van der Waals surface area (Å²) in [6.07, 6.45) is 1.28. The molecule has 0 aliphatic heterocycles. The van der Waals surface area contributed by atoms with E-state index in [1.165, 1.54) is 49.2 Å². The van der Waals surface area contributed by atoms with E-state index in [4.69, 9.17) is 4.74 Å². The van der Waals surface area contributed by atoms with Crippen molar-refractivity contribution in [2.24, 2.45) is 7.05 Å². The van der Waals surface area contributed by atoms with Gasteiger partial charge in [0, 0.05) is 18.8 Å². The smallest absolute Gasteiger partial charge is 0.285 e. The number of hydrogen-bond acceptors (Lipinski definition) is 5. The molecule has 28 heavy (non-hydrogen) atoms. The second kappa shape index (κ2) is 7.39. The highest BCUT2D eigenvalue weighted by Crippen LogP contribution is 2.24. The molecule has 0 unspecified atom stereocenters. The van der Waals surface area contributed by atoms with Crippen LogP contribution in [-0.2, 0) is 17.1 Å². The number of sulfonamides is 1. The van der Waals surface area contributed by atoms with E-state index in [2.05, 4.69) is 4.98 Å². The molecule has 0 aliphatic rings. The number of carbonyl (C=O) groups is 1. The average Bonchev–Trinajstić information content (AvgIpc) is 3.05. The van der Waals surface area contributed by atoms with Gasteiger partial charge in [-0.25, -0.2) is 26.9 Å². The van der Waals surface area contributed by atoms with Crippen LogP contribution in [0.5, 0.6) is 5.75 Å². The van der Waals surface area contributed by atoms with Crippen molar-refractivity contribution >= 4 is 15.9 Å². The zero-order valence-electron chi connectivity index (χ0n) is 14.8. The first kappa shape index (κ1) is 19.5. The standard InChI is InChI=1S/C18H15F2N3O4S/c1-23-10-14(21-17(23)11-7-8-12(19)13(20)9-11)18(24)22-28(25,26)16-6-4-3-5-15(16)27-2/h3-10H,1-2H3,(H,22,24). The number of nitrogens with zero attached hydrogens (tertiary/aromatic N) is 2. The molecule has 0 radical (unpaired) electrons. The molecule has 1 heterocycles. The van der Waals surface area contributed by atoms with Gasteiger partial charge in [0.1, 0.15) is 22.2 Å². The quantitative estimate of drug-likeness (QED) is 0.702. The van der Waals surface area contributed by atoms with E-state index in [-0.39, 0.29) is 27.7 Å². The maximum atomic E-state index is 13.5. The lowest BCUT2D eigenvalue weighted by molar-refractivity contribution is 0.0977. The molecule has 3 rings (SSSR count). The number of carbonyl (C=O) groups excluding carboxylic acids is 1. The molecule has 0 saturated heterocycles. The molecule has 0 saturated carbocycles. The summed E-state index contributed by atoms with van der Waals surface area (Å²) in [4.78, 5) is 16.2. The first-order valence-corrected chi connectivity index (χ1v) is 9.40. The topological polar surface area (TPSA) is 90.3 Å². The van der Waals surface area contributed by atoms with Gasteiger partial charge in [-0.3, -0.25) is 4.79 Å². The fourth-order valence-electron chi connectivity index (χ4n) is 2.55. The summed E-state index contributed by atoms with van der Waals surface area (Å²) in [6.45, 7) is 0. The number of ether oxygens (including phenoxy) is 1. The Morgan fingerprint density at radius 3 is 2.54 bits per heavy atom. The number of imidazole rings is 1. The maximum absolute atomic E-state index is 13.5. The van der Waals surface area contributed by atoms with E-state index in [1.54, 1.807) is 6.07 Å². The summed E-state index contributed by atoms with van der Waals surface area (Å²) in [5.41, 5.74) is 0.0220. The van der Waals surface area contributed by atoms with Crippen molar-refractivity contribution in [2.45, 2.75) is 4.90 Å². The summed E-state index contributed by atoms with van der Waals surface area (Å²) < 4.78 is 59.9. The number of nitrogens with one attached hydrogen (secondary N) is 1. The zero-order chi connectivity index (χ0) is 20.5. The van der Waals surface area contributed by atoms with Gasteiger partial charge < -0.3 is 9.30 Å². The first-order chi connectivity index (χ1) is 13.2. The lowest BCUT2D eigenvalue weighted by Gasteiger charge is -2.09. The van der Waals surface area contributed by atoms with Gasteiger partial charge in [-0.2, -0.15) is 0 Å². The number of methoxy groups -OCH3 is 1. The molecule has 0 bridgehead atoms. The Balaban J connectivity index is 1.90. The normalized spacial score (nSPS) is 11.3. The van der Waals surface area contributed by atoms with Crippen LogP contribution < -0.4 is 9.46 Å². The average molecular weight is 407 g/mol. The van der Waals surface area contributed by atoms with E-state index in [0.717, 1.165) is 12.1 Å². The van der Waals surface area contributed by atoms with Crippen molar-refractivity contribution in [2.75, 3.05) is 7.11 Å². The van der Waals surface area contributed by atoms with Crippen LogP contribution >= 0.6 is 0 Å². The van der Waals surface area contributed by atoms with Crippen molar-refractivity contribution in [3.63, 3.8) is 0 Å². The third kappa shape index (κ3) is 3.72. The molecule has 2 aromatic carbocycles. The molecule has 1 amide bonds. The second-order valence-corrected chi connectivity index (χ2v) is 7.43. The number of aryl methyl sites for hydroxylation is 1. The van der Waals surface area contributed by atoms with Crippen molar-refractivity contribution in [1.82, 2.24) is 14.3 Å². The lowest BCUT2D eigenvalue weighted by Crippen LogP contribution is -2.31. The molecule has 1 aromatic heterocycles. The molecular formula is C18H15F2N3O4S. The predicted octanol–water partition coefficient (Wildman–Crippen LogP) is 2.49. The summed E-state index contributed by atoms with van der Waals surface area (Å²) in [5.74, 6) is -2.82. The highest BCUT2D eigenvalue weighted by molar-refractivity contribution is 7.90. The summed E-state index contributed by atoms with van der Waals surface area (Å²) >= 11 is 0. The van der Waals surface area contributed by atoms with E-state index in [0.29, 0.717) is 0 Å². The molecule has 10 heteroatoms. The minimum atomic E-state index is -4.21. The largest absolute Gasteiger partial charge is 0.495 e. The van der Waals surface area contributed by atoms with E-state index >= 15 is 0 Å². The molecule has 146 valence electrons. The first-order valence-electron chi connectivity index (χ1n) is 7.92. The number of para-hydroxylation sites is 1. The third-order valence-corrected chi connectivity index (χ3v) is 5.24. The van der Waals surface area contributed by atoms with Crippen LogP contribution in [0, 0.1) is 11.6 Å². The van der Waals surface area contributed by atoms with Gasteiger partial charge in [-0.15, -0.1) is 0 Å². The van der Waals surface area contributed by atoms with Crippen molar-refractivity contribution < 1.29 is 26.7 Å². The van der Waals surface area contributed by atoms with E-state index < -0.39 is 27.6 Å². The molecule has 0 fully saturated rings. The number of benzene rings is 2. The number of hydrogen-bond donors (Lipinski definition) is 1. The Morgan fingerprint density at radius 2 is 1.86 bits per heavy atom. The number of rotatable bonds is 5. The minimum absolute atomic E-state index is 0.0753. The highest BCUT2D eigenvalue weighted by Gasteiger charge is 2.24. The van der Waals surface area contributed by atoms with Crippen LogP contribution in [-0.4, -0.2) is 31.0 Å². The van der Waals surface area contributed by atoms with Gasteiger partial charge in [-0.05, 0) is 30.3 Å². The Labute approximate surface area is 159 Å². The Bertz CT molecular complexity index is 1160. The molecule has 0 atom stereocenters. The van der Waals surface area contributed by atoms with Gasteiger partial charge in [0.15, 0.2) is 11.6 Å². The van der Waals surface area contributed by atoms with E-state index in [1.807, 2.05) is 4.72 Å². The number of aromatic nitrogens is 2. The lowest BCUT2D eigenvalue weighted by atomic mass is 10.2.